The normalized spacial score (nSPS) is 14.6. The van der Waals surface area contributed by atoms with E-state index >= 15 is 0 Å². The molecular weight excluding hydrogens is 258 g/mol. The molecule has 0 bridgehead atoms. The number of rotatable bonds is 3. The first-order valence-electron chi connectivity index (χ1n) is 5.37. The summed E-state index contributed by atoms with van der Waals surface area (Å²) in [5.41, 5.74) is 5.66. The van der Waals surface area contributed by atoms with Crippen LogP contribution in [-0.4, -0.2) is 20.2 Å². The highest BCUT2D eigenvalue weighted by Gasteiger charge is 2.27. The van der Waals surface area contributed by atoms with Crippen LogP contribution in [0.2, 0.25) is 5.02 Å². The summed E-state index contributed by atoms with van der Waals surface area (Å²) in [4.78, 5) is 0.265. The molecule has 3 nitrogen and oxygen atoms in total. The van der Waals surface area contributed by atoms with Gasteiger partial charge < -0.3 is 5.73 Å². The Morgan fingerprint density at radius 3 is 2.12 bits per heavy atom. The van der Waals surface area contributed by atoms with Gasteiger partial charge in [0.1, 0.15) is 0 Å². The molecule has 0 amide bonds. The van der Waals surface area contributed by atoms with Gasteiger partial charge in [-0.3, -0.25) is 0 Å². The number of hydrogen-bond donors (Lipinski definition) is 1. The Kier molecular flexibility index (Phi) is 4.23. The van der Waals surface area contributed by atoms with Crippen LogP contribution < -0.4 is 5.73 Å². The van der Waals surface area contributed by atoms with Gasteiger partial charge in [0.05, 0.1) is 10.6 Å². The number of sulfone groups is 1. The number of nitrogens with two attached hydrogens (primary N) is 1. The van der Waals surface area contributed by atoms with Crippen molar-refractivity contribution >= 4 is 21.4 Å². The van der Waals surface area contributed by atoms with E-state index in [1.54, 1.807) is 12.1 Å². The Labute approximate surface area is 108 Å². The third-order valence-electron chi connectivity index (χ3n) is 2.68. The Bertz CT molecular complexity index is 474. The first kappa shape index (κ1) is 14.5. The fourth-order valence-electron chi connectivity index (χ4n) is 1.22. The van der Waals surface area contributed by atoms with Crippen molar-refractivity contribution in [2.45, 2.75) is 31.7 Å². The van der Waals surface area contributed by atoms with Crippen LogP contribution >= 0.6 is 11.6 Å². The van der Waals surface area contributed by atoms with Gasteiger partial charge >= 0.3 is 0 Å². The monoisotopic (exact) mass is 275 g/mol. The predicted molar refractivity (Wildman–Crippen MR) is 70.9 cm³/mol. The number of hydrogen-bond acceptors (Lipinski definition) is 3. The molecule has 1 aromatic rings. The second-order valence-electron chi connectivity index (χ2n) is 5.21. The summed E-state index contributed by atoms with van der Waals surface area (Å²) >= 11 is 5.72. The van der Waals surface area contributed by atoms with Gasteiger partial charge in [-0.05, 0) is 29.7 Å². The molecule has 0 radical (unpaired) electrons. The maximum atomic E-state index is 12.1. The van der Waals surface area contributed by atoms with Crippen LogP contribution in [0.1, 0.15) is 20.8 Å². The van der Waals surface area contributed by atoms with E-state index in [1.807, 2.05) is 20.8 Å². The summed E-state index contributed by atoms with van der Waals surface area (Å²) in [6.07, 6.45) is 0. The number of benzene rings is 1. The van der Waals surface area contributed by atoms with Crippen LogP contribution in [0.4, 0.5) is 0 Å². The van der Waals surface area contributed by atoms with Crippen LogP contribution in [0.25, 0.3) is 0 Å². The first-order chi connectivity index (χ1) is 7.63. The highest BCUT2D eigenvalue weighted by Crippen LogP contribution is 2.22. The lowest BCUT2D eigenvalue weighted by molar-refractivity contribution is 0.340. The summed E-state index contributed by atoms with van der Waals surface area (Å²) in [5, 5.41) is 0.518. The Morgan fingerprint density at radius 1 is 1.24 bits per heavy atom. The van der Waals surface area contributed by atoms with Crippen molar-refractivity contribution in [2.75, 3.05) is 5.75 Å². The maximum Gasteiger partial charge on any atom is 0.179 e. The van der Waals surface area contributed by atoms with Crippen LogP contribution in [0.3, 0.4) is 0 Å². The Hall–Kier alpha value is -0.580. The zero-order chi connectivity index (χ0) is 13.3. The molecule has 1 rings (SSSR count). The van der Waals surface area contributed by atoms with Gasteiger partial charge in [0, 0.05) is 11.1 Å². The van der Waals surface area contributed by atoms with Crippen molar-refractivity contribution in [1.82, 2.24) is 0 Å². The molecule has 96 valence electrons. The molecule has 0 heterocycles. The summed E-state index contributed by atoms with van der Waals surface area (Å²) < 4.78 is 24.2. The quantitative estimate of drug-likeness (QED) is 0.922. The molecule has 5 heteroatoms. The average Bonchev–Trinajstić information content (AvgIpc) is 2.16. The molecule has 0 saturated carbocycles. The van der Waals surface area contributed by atoms with Gasteiger partial charge in [-0.25, -0.2) is 8.42 Å². The standard InChI is InChI=1S/C12H18ClNO2S/c1-12(2,3)11(14)8-17(15,16)10-6-4-9(13)5-7-10/h4-7,11H,8,14H2,1-3H3. The predicted octanol–water partition coefficient (Wildman–Crippen LogP) is 2.49. The van der Waals surface area contributed by atoms with E-state index in [4.69, 9.17) is 17.3 Å². The van der Waals surface area contributed by atoms with E-state index in [-0.39, 0.29) is 16.1 Å². The zero-order valence-electron chi connectivity index (χ0n) is 10.3. The topological polar surface area (TPSA) is 60.2 Å². The van der Waals surface area contributed by atoms with Crippen molar-refractivity contribution in [3.63, 3.8) is 0 Å². The van der Waals surface area contributed by atoms with Gasteiger partial charge in [-0.15, -0.1) is 0 Å². The third kappa shape index (κ3) is 3.98. The molecule has 0 spiro atoms. The van der Waals surface area contributed by atoms with Crippen LogP contribution in [-0.2, 0) is 9.84 Å². The molecule has 0 aromatic heterocycles. The van der Waals surface area contributed by atoms with Crippen molar-refractivity contribution in [1.29, 1.82) is 0 Å². The van der Waals surface area contributed by atoms with Crippen LogP contribution in [0, 0.1) is 5.41 Å². The fraction of sp³-hybridized carbons (Fsp3) is 0.500. The molecule has 17 heavy (non-hydrogen) atoms. The van der Waals surface area contributed by atoms with E-state index in [1.165, 1.54) is 12.1 Å². The van der Waals surface area contributed by atoms with E-state index in [9.17, 15) is 8.42 Å². The zero-order valence-corrected chi connectivity index (χ0v) is 11.8. The van der Waals surface area contributed by atoms with E-state index in [0.29, 0.717) is 5.02 Å². The molecule has 0 fully saturated rings. The van der Waals surface area contributed by atoms with Crippen molar-refractivity contribution in [3.8, 4) is 0 Å². The second kappa shape index (κ2) is 4.96. The Balaban J connectivity index is 2.94. The second-order valence-corrected chi connectivity index (χ2v) is 7.68. The lowest BCUT2D eigenvalue weighted by Gasteiger charge is -2.26. The highest BCUT2D eigenvalue weighted by molar-refractivity contribution is 7.91. The van der Waals surface area contributed by atoms with Crippen LogP contribution in [0.15, 0.2) is 29.2 Å². The minimum Gasteiger partial charge on any atom is -0.326 e. The molecule has 1 atom stereocenters. The fourth-order valence-corrected chi connectivity index (χ4v) is 3.07. The largest absolute Gasteiger partial charge is 0.326 e. The minimum atomic E-state index is -3.34. The minimum absolute atomic E-state index is 0.0574. The van der Waals surface area contributed by atoms with Gasteiger partial charge in [-0.1, -0.05) is 32.4 Å². The summed E-state index contributed by atoms with van der Waals surface area (Å²) in [6.45, 7) is 5.78. The Morgan fingerprint density at radius 2 is 1.71 bits per heavy atom. The van der Waals surface area contributed by atoms with Crippen molar-refractivity contribution in [3.05, 3.63) is 29.3 Å². The molecule has 0 aliphatic rings. The van der Waals surface area contributed by atoms with Gasteiger partial charge in [-0.2, -0.15) is 0 Å². The molecule has 0 aliphatic heterocycles. The smallest absolute Gasteiger partial charge is 0.179 e. The summed E-state index contributed by atoms with van der Waals surface area (Å²) in [7, 11) is -3.34. The number of halogens is 1. The first-order valence-corrected chi connectivity index (χ1v) is 7.40. The summed E-state index contributed by atoms with van der Waals surface area (Å²) in [6, 6.07) is 5.75. The van der Waals surface area contributed by atoms with E-state index in [0.717, 1.165) is 0 Å². The van der Waals surface area contributed by atoms with Crippen LogP contribution in [0.5, 0.6) is 0 Å². The lowest BCUT2D eigenvalue weighted by atomic mass is 9.89. The average molecular weight is 276 g/mol. The van der Waals surface area contributed by atoms with Crippen molar-refractivity contribution in [2.24, 2.45) is 11.1 Å². The van der Waals surface area contributed by atoms with Crippen molar-refractivity contribution < 1.29 is 8.42 Å². The third-order valence-corrected chi connectivity index (χ3v) is 4.72. The molecule has 1 aromatic carbocycles. The molecule has 0 aliphatic carbocycles. The van der Waals surface area contributed by atoms with Gasteiger partial charge in [0.2, 0.25) is 0 Å². The van der Waals surface area contributed by atoms with Gasteiger partial charge in [0.25, 0.3) is 0 Å². The maximum absolute atomic E-state index is 12.1. The molecule has 1 unspecified atom stereocenters. The highest BCUT2D eigenvalue weighted by atomic mass is 35.5. The molecule has 2 N–H and O–H groups in total. The SMILES string of the molecule is CC(C)(C)C(N)CS(=O)(=O)c1ccc(Cl)cc1. The van der Waals surface area contributed by atoms with E-state index in [2.05, 4.69) is 0 Å². The molecular formula is C12H18ClNO2S. The molecule has 0 saturated heterocycles. The van der Waals surface area contributed by atoms with Gasteiger partial charge in [0.15, 0.2) is 9.84 Å². The lowest BCUT2D eigenvalue weighted by Crippen LogP contribution is -2.41. The van der Waals surface area contributed by atoms with E-state index < -0.39 is 15.9 Å². The summed E-state index contributed by atoms with van der Waals surface area (Å²) in [5.74, 6) is -0.0574.